The van der Waals surface area contributed by atoms with Gasteiger partial charge in [0.2, 0.25) is 0 Å². The first kappa shape index (κ1) is 16.5. The van der Waals surface area contributed by atoms with Gasteiger partial charge >= 0.3 is 0 Å². The molecule has 1 fully saturated rings. The fraction of sp³-hybridized carbons (Fsp3) is 0.588. The summed E-state index contributed by atoms with van der Waals surface area (Å²) < 4.78 is 10.9. The van der Waals surface area contributed by atoms with Crippen molar-refractivity contribution in [2.75, 3.05) is 33.4 Å². The van der Waals surface area contributed by atoms with Gasteiger partial charge in [-0.25, -0.2) is 4.99 Å². The zero-order chi connectivity index (χ0) is 15.8. The van der Waals surface area contributed by atoms with E-state index in [2.05, 4.69) is 17.1 Å². The summed E-state index contributed by atoms with van der Waals surface area (Å²) >= 11 is 0. The summed E-state index contributed by atoms with van der Waals surface area (Å²) in [5.41, 5.74) is 1.12. The second-order valence-electron chi connectivity index (χ2n) is 5.28. The van der Waals surface area contributed by atoms with Crippen LogP contribution in [0.15, 0.2) is 23.2 Å². The molecule has 0 unspecified atom stereocenters. The van der Waals surface area contributed by atoms with Crippen molar-refractivity contribution in [3.63, 3.8) is 0 Å². The minimum absolute atomic E-state index is 0.632. The fourth-order valence-electron chi connectivity index (χ4n) is 2.61. The van der Waals surface area contributed by atoms with Crippen LogP contribution < -0.4 is 14.8 Å². The van der Waals surface area contributed by atoms with E-state index >= 15 is 0 Å². The maximum absolute atomic E-state index is 5.55. The van der Waals surface area contributed by atoms with Gasteiger partial charge in [0.15, 0.2) is 17.5 Å². The molecule has 1 N–H and O–H groups in total. The van der Waals surface area contributed by atoms with E-state index in [0.717, 1.165) is 42.7 Å². The first-order valence-electron chi connectivity index (χ1n) is 8.11. The number of guanidine groups is 1. The van der Waals surface area contributed by atoms with E-state index in [9.17, 15) is 0 Å². The molecule has 0 radical (unpaired) electrons. The molecule has 5 nitrogen and oxygen atoms in total. The summed E-state index contributed by atoms with van der Waals surface area (Å²) in [5.74, 6) is 2.55. The molecular weight excluding hydrogens is 278 g/mol. The molecule has 0 amide bonds. The van der Waals surface area contributed by atoms with Gasteiger partial charge in [-0.15, -0.1) is 0 Å². The van der Waals surface area contributed by atoms with E-state index in [0.29, 0.717) is 13.2 Å². The average molecular weight is 305 g/mol. The fourth-order valence-corrected chi connectivity index (χ4v) is 2.61. The van der Waals surface area contributed by atoms with Crippen LogP contribution in [0.25, 0.3) is 0 Å². The highest BCUT2D eigenvalue weighted by atomic mass is 16.5. The normalized spacial score (nSPS) is 15.0. The largest absolute Gasteiger partial charge is 0.493 e. The van der Waals surface area contributed by atoms with Crippen molar-refractivity contribution in [2.45, 2.75) is 33.2 Å². The van der Waals surface area contributed by atoms with E-state index in [1.165, 1.54) is 12.8 Å². The highest BCUT2D eigenvalue weighted by molar-refractivity contribution is 5.80. The first-order valence-corrected chi connectivity index (χ1v) is 8.11. The number of ether oxygens (including phenoxy) is 2. The van der Waals surface area contributed by atoms with Gasteiger partial charge in [-0.2, -0.15) is 0 Å². The second-order valence-corrected chi connectivity index (χ2v) is 5.28. The highest BCUT2D eigenvalue weighted by Gasteiger charge is 2.15. The third-order valence-corrected chi connectivity index (χ3v) is 3.68. The molecule has 1 aliphatic rings. The zero-order valence-electron chi connectivity index (χ0n) is 13.9. The molecule has 2 rings (SSSR count). The Labute approximate surface area is 133 Å². The van der Waals surface area contributed by atoms with Crippen molar-refractivity contribution in [3.05, 3.63) is 23.8 Å². The van der Waals surface area contributed by atoms with Gasteiger partial charge in [0, 0.05) is 19.6 Å². The molecule has 0 spiro atoms. The van der Waals surface area contributed by atoms with Crippen LogP contribution in [0.1, 0.15) is 32.3 Å². The summed E-state index contributed by atoms with van der Waals surface area (Å²) in [6.07, 6.45) is 2.50. The molecular formula is C17H27N3O2. The van der Waals surface area contributed by atoms with Crippen LogP contribution in [0.3, 0.4) is 0 Å². The molecule has 5 heteroatoms. The van der Waals surface area contributed by atoms with Gasteiger partial charge < -0.3 is 19.7 Å². The van der Waals surface area contributed by atoms with Crippen molar-refractivity contribution in [1.82, 2.24) is 10.2 Å². The van der Waals surface area contributed by atoms with Crippen LogP contribution in [-0.4, -0.2) is 44.2 Å². The molecule has 0 bridgehead atoms. The van der Waals surface area contributed by atoms with Gasteiger partial charge in [-0.3, -0.25) is 0 Å². The van der Waals surface area contributed by atoms with Gasteiger partial charge in [0.05, 0.1) is 20.3 Å². The number of aliphatic imine (C=N–C) groups is 1. The van der Waals surface area contributed by atoms with Gasteiger partial charge in [0.1, 0.15) is 0 Å². The van der Waals surface area contributed by atoms with E-state index in [1.54, 1.807) is 7.11 Å². The highest BCUT2D eigenvalue weighted by Crippen LogP contribution is 2.28. The minimum atomic E-state index is 0.632. The second kappa shape index (κ2) is 8.51. The summed E-state index contributed by atoms with van der Waals surface area (Å²) in [6, 6.07) is 6.00. The number of rotatable bonds is 6. The molecule has 1 aliphatic heterocycles. The van der Waals surface area contributed by atoms with E-state index in [-0.39, 0.29) is 0 Å². The molecule has 0 saturated carbocycles. The van der Waals surface area contributed by atoms with Crippen LogP contribution in [0, 0.1) is 0 Å². The van der Waals surface area contributed by atoms with Crippen molar-refractivity contribution in [1.29, 1.82) is 0 Å². The van der Waals surface area contributed by atoms with Crippen LogP contribution >= 0.6 is 0 Å². The molecule has 1 heterocycles. The molecule has 1 saturated heterocycles. The first-order chi connectivity index (χ1) is 10.8. The summed E-state index contributed by atoms with van der Waals surface area (Å²) in [7, 11) is 1.67. The van der Waals surface area contributed by atoms with Gasteiger partial charge in [0.25, 0.3) is 0 Å². The molecule has 1 aromatic rings. The maximum atomic E-state index is 5.55. The lowest BCUT2D eigenvalue weighted by Gasteiger charge is -2.20. The molecule has 0 aromatic heterocycles. The number of likely N-dealkylation sites (tertiary alicyclic amines) is 1. The van der Waals surface area contributed by atoms with Crippen LogP contribution in [0.5, 0.6) is 11.5 Å². The van der Waals surface area contributed by atoms with Crippen molar-refractivity contribution in [3.8, 4) is 11.5 Å². The van der Waals surface area contributed by atoms with E-state index in [4.69, 9.17) is 14.5 Å². The molecule has 0 aliphatic carbocycles. The predicted molar refractivity (Wildman–Crippen MR) is 89.8 cm³/mol. The van der Waals surface area contributed by atoms with E-state index < -0.39 is 0 Å². The lowest BCUT2D eigenvalue weighted by Crippen LogP contribution is -2.39. The lowest BCUT2D eigenvalue weighted by atomic mass is 10.2. The van der Waals surface area contributed by atoms with Crippen molar-refractivity contribution >= 4 is 5.96 Å². The Kier molecular flexibility index (Phi) is 6.37. The standard InChI is InChI=1S/C17H27N3O2/c1-4-18-17(20-10-6-7-11-20)19-13-14-8-9-15(22-5-2)16(12-14)21-3/h8-9,12H,4-7,10-11,13H2,1-3H3,(H,18,19). The lowest BCUT2D eigenvalue weighted by molar-refractivity contribution is 0.310. The number of hydrogen-bond donors (Lipinski definition) is 1. The summed E-state index contributed by atoms with van der Waals surface area (Å²) in [6.45, 7) is 8.43. The summed E-state index contributed by atoms with van der Waals surface area (Å²) in [4.78, 5) is 7.08. The van der Waals surface area contributed by atoms with Gasteiger partial charge in [-0.05, 0) is 44.4 Å². The predicted octanol–water partition coefficient (Wildman–Crippen LogP) is 2.66. The zero-order valence-corrected chi connectivity index (χ0v) is 13.9. The van der Waals surface area contributed by atoms with Crippen LogP contribution in [-0.2, 0) is 6.54 Å². The Morgan fingerprint density at radius 2 is 2.00 bits per heavy atom. The monoisotopic (exact) mass is 305 g/mol. The SMILES string of the molecule is CCNC(=NCc1ccc(OCC)c(OC)c1)N1CCCC1. The Morgan fingerprint density at radius 1 is 1.23 bits per heavy atom. The quantitative estimate of drug-likeness (QED) is 0.648. The Hall–Kier alpha value is -1.91. The van der Waals surface area contributed by atoms with Crippen molar-refractivity contribution in [2.24, 2.45) is 4.99 Å². The average Bonchev–Trinajstić information content (AvgIpc) is 3.07. The van der Waals surface area contributed by atoms with Crippen molar-refractivity contribution < 1.29 is 9.47 Å². The number of benzene rings is 1. The topological polar surface area (TPSA) is 46.1 Å². The third kappa shape index (κ3) is 4.29. The van der Waals surface area contributed by atoms with Crippen LogP contribution in [0.4, 0.5) is 0 Å². The number of methoxy groups -OCH3 is 1. The Morgan fingerprint density at radius 3 is 2.64 bits per heavy atom. The number of nitrogens with zero attached hydrogens (tertiary/aromatic N) is 2. The number of nitrogens with one attached hydrogen (secondary N) is 1. The minimum Gasteiger partial charge on any atom is -0.493 e. The van der Waals surface area contributed by atoms with Crippen LogP contribution in [0.2, 0.25) is 0 Å². The van der Waals surface area contributed by atoms with E-state index in [1.807, 2.05) is 25.1 Å². The van der Waals surface area contributed by atoms with Gasteiger partial charge in [-0.1, -0.05) is 6.07 Å². The smallest absolute Gasteiger partial charge is 0.194 e. The third-order valence-electron chi connectivity index (χ3n) is 3.68. The molecule has 1 aromatic carbocycles. The Bertz CT molecular complexity index is 497. The number of hydrogen-bond acceptors (Lipinski definition) is 3. The molecule has 0 atom stereocenters. The summed E-state index contributed by atoms with van der Waals surface area (Å²) in [5, 5.41) is 3.38. The Balaban J connectivity index is 2.08. The molecule has 122 valence electrons. The maximum Gasteiger partial charge on any atom is 0.194 e. The molecule has 22 heavy (non-hydrogen) atoms.